The molecule has 1 aromatic heterocycles. The highest BCUT2D eigenvalue weighted by Gasteiger charge is 2.24. The minimum atomic E-state index is -0.250. The number of hydrogen-bond donors (Lipinski definition) is 1. The van der Waals surface area contributed by atoms with Gasteiger partial charge in [0.1, 0.15) is 12.3 Å². The Labute approximate surface area is 171 Å². The molecule has 1 N–H and O–H groups in total. The van der Waals surface area contributed by atoms with Crippen LogP contribution < -0.4 is 10.2 Å². The van der Waals surface area contributed by atoms with E-state index in [9.17, 15) is 9.59 Å². The Balaban J connectivity index is 1.47. The summed E-state index contributed by atoms with van der Waals surface area (Å²) >= 11 is 0. The van der Waals surface area contributed by atoms with Gasteiger partial charge in [-0.2, -0.15) is 0 Å². The van der Waals surface area contributed by atoms with Crippen LogP contribution in [0, 0.1) is 5.92 Å². The van der Waals surface area contributed by atoms with Crippen LogP contribution in [0.25, 0.3) is 0 Å². The van der Waals surface area contributed by atoms with Gasteiger partial charge in [0.25, 0.3) is 0 Å². The molecule has 0 unspecified atom stereocenters. The van der Waals surface area contributed by atoms with E-state index in [1.165, 1.54) is 0 Å². The molecule has 0 spiro atoms. The third-order valence-corrected chi connectivity index (χ3v) is 5.17. The van der Waals surface area contributed by atoms with Crippen molar-refractivity contribution in [2.45, 2.75) is 19.4 Å². The summed E-state index contributed by atoms with van der Waals surface area (Å²) in [6.07, 6.45) is 4.00. The Kier molecular flexibility index (Phi) is 7.05. The number of carbonyl (C=O) groups is 2. The van der Waals surface area contributed by atoms with E-state index in [0.29, 0.717) is 31.3 Å². The second-order valence-electron chi connectivity index (χ2n) is 7.46. The molecule has 0 aliphatic carbocycles. The van der Waals surface area contributed by atoms with E-state index in [4.69, 9.17) is 4.74 Å². The molecular weight excluding hydrogens is 368 g/mol. The van der Waals surface area contributed by atoms with Crippen LogP contribution in [0.3, 0.4) is 0 Å². The highest BCUT2D eigenvalue weighted by atomic mass is 16.6. The van der Waals surface area contributed by atoms with Gasteiger partial charge in [-0.1, -0.05) is 30.3 Å². The van der Waals surface area contributed by atoms with E-state index < -0.39 is 0 Å². The second kappa shape index (κ2) is 9.91. The minimum Gasteiger partial charge on any atom is -0.445 e. The number of anilines is 2. The summed E-state index contributed by atoms with van der Waals surface area (Å²) < 4.78 is 5.43. The zero-order valence-corrected chi connectivity index (χ0v) is 17.0. The van der Waals surface area contributed by atoms with Gasteiger partial charge in [0.2, 0.25) is 0 Å². The number of pyridine rings is 1. The highest BCUT2D eigenvalue weighted by Crippen LogP contribution is 2.27. The first kappa shape index (κ1) is 20.6. The van der Waals surface area contributed by atoms with Gasteiger partial charge in [0.15, 0.2) is 6.29 Å². The lowest BCUT2D eigenvalue weighted by Crippen LogP contribution is -2.40. The van der Waals surface area contributed by atoms with Crippen molar-refractivity contribution in [1.29, 1.82) is 0 Å². The van der Waals surface area contributed by atoms with Gasteiger partial charge in [-0.25, -0.2) is 4.79 Å². The number of rotatable bonds is 7. The van der Waals surface area contributed by atoms with Gasteiger partial charge < -0.3 is 19.9 Å². The van der Waals surface area contributed by atoms with Crippen molar-refractivity contribution in [1.82, 2.24) is 9.88 Å². The molecule has 1 fully saturated rings. The van der Waals surface area contributed by atoms with E-state index in [2.05, 4.69) is 10.3 Å². The molecule has 7 nitrogen and oxygen atoms in total. The minimum absolute atomic E-state index is 0.250. The first-order valence-electron chi connectivity index (χ1n) is 9.89. The van der Waals surface area contributed by atoms with Gasteiger partial charge in [-0.3, -0.25) is 9.78 Å². The normalized spacial score (nSPS) is 14.3. The molecule has 2 aromatic rings. The molecular formula is C22H28N4O3. The summed E-state index contributed by atoms with van der Waals surface area (Å²) in [7, 11) is 3.80. The molecule has 1 aromatic carbocycles. The zero-order valence-electron chi connectivity index (χ0n) is 17.0. The molecule has 1 amide bonds. The quantitative estimate of drug-likeness (QED) is 0.723. The van der Waals surface area contributed by atoms with Crippen LogP contribution in [-0.2, 0) is 11.3 Å². The van der Waals surface area contributed by atoms with E-state index in [0.717, 1.165) is 42.6 Å². The van der Waals surface area contributed by atoms with Crippen molar-refractivity contribution < 1.29 is 14.3 Å². The maximum atomic E-state index is 12.3. The third kappa shape index (κ3) is 5.47. The molecule has 0 saturated carbocycles. The van der Waals surface area contributed by atoms with Gasteiger partial charge in [0.05, 0.1) is 11.4 Å². The van der Waals surface area contributed by atoms with Crippen molar-refractivity contribution in [2.24, 2.45) is 5.92 Å². The summed E-state index contributed by atoms with van der Waals surface area (Å²) in [6.45, 7) is 2.47. The molecule has 0 atom stereocenters. The molecule has 7 heteroatoms. The number of ether oxygens (including phenoxy) is 1. The van der Waals surface area contributed by atoms with E-state index >= 15 is 0 Å². The number of likely N-dealkylation sites (tertiary alicyclic amines) is 1. The van der Waals surface area contributed by atoms with Gasteiger partial charge in [-0.05, 0) is 30.4 Å². The number of aldehydes is 1. The number of nitrogens with zero attached hydrogens (tertiary/aromatic N) is 3. The number of amides is 1. The number of piperidine rings is 1. The number of aromatic nitrogens is 1. The van der Waals surface area contributed by atoms with Gasteiger partial charge in [-0.15, -0.1) is 0 Å². The molecule has 0 radical (unpaired) electrons. The largest absolute Gasteiger partial charge is 0.445 e. The van der Waals surface area contributed by atoms with E-state index in [1.807, 2.05) is 55.4 Å². The third-order valence-electron chi connectivity index (χ3n) is 5.17. The number of benzene rings is 1. The second-order valence-corrected chi connectivity index (χ2v) is 7.46. The topological polar surface area (TPSA) is 74.8 Å². The van der Waals surface area contributed by atoms with Crippen molar-refractivity contribution in [2.75, 3.05) is 43.9 Å². The Hall–Kier alpha value is -3.09. The maximum absolute atomic E-state index is 12.3. The molecule has 3 rings (SSSR count). The fourth-order valence-electron chi connectivity index (χ4n) is 3.55. The van der Waals surface area contributed by atoms with Crippen LogP contribution in [0.1, 0.15) is 28.9 Å². The van der Waals surface area contributed by atoms with Crippen LogP contribution in [-0.4, -0.2) is 56.0 Å². The van der Waals surface area contributed by atoms with Crippen LogP contribution in [0.4, 0.5) is 16.2 Å². The Morgan fingerprint density at radius 2 is 1.97 bits per heavy atom. The molecule has 1 saturated heterocycles. The predicted octanol–water partition coefficient (Wildman–Crippen LogP) is 3.42. The fraction of sp³-hybridized carbons (Fsp3) is 0.409. The van der Waals surface area contributed by atoms with Crippen LogP contribution in [0.5, 0.6) is 0 Å². The zero-order chi connectivity index (χ0) is 20.6. The Bertz CT molecular complexity index is 818. The summed E-state index contributed by atoms with van der Waals surface area (Å²) in [4.78, 5) is 31.4. The lowest BCUT2D eigenvalue weighted by molar-refractivity contribution is 0.0832. The van der Waals surface area contributed by atoms with Crippen LogP contribution >= 0.6 is 0 Å². The number of hydrogen-bond acceptors (Lipinski definition) is 6. The lowest BCUT2D eigenvalue weighted by atomic mass is 9.97. The highest BCUT2D eigenvalue weighted by molar-refractivity contribution is 5.88. The van der Waals surface area contributed by atoms with Gasteiger partial charge >= 0.3 is 6.09 Å². The van der Waals surface area contributed by atoms with Crippen molar-refractivity contribution >= 4 is 23.8 Å². The SMILES string of the molecule is CN(C)c1c(NCC2CCN(C(=O)OCc3ccccc3)CC2)ccnc1C=O. The van der Waals surface area contributed by atoms with Crippen molar-refractivity contribution in [3.8, 4) is 0 Å². The van der Waals surface area contributed by atoms with Crippen LogP contribution in [0.2, 0.25) is 0 Å². The fourth-order valence-corrected chi connectivity index (χ4v) is 3.55. The molecule has 29 heavy (non-hydrogen) atoms. The predicted molar refractivity (Wildman–Crippen MR) is 113 cm³/mol. The van der Waals surface area contributed by atoms with Crippen molar-refractivity contribution in [3.63, 3.8) is 0 Å². The van der Waals surface area contributed by atoms with E-state index in [-0.39, 0.29) is 6.09 Å². The van der Waals surface area contributed by atoms with Gasteiger partial charge in [0, 0.05) is 39.9 Å². The van der Waals surface area contributed by atoms with E-state index in [1.54, 1.807) is 11.1 Å². The molecule has 1 aliphatic heterocycles. The average molecular weight is 396 g/mol. The molecule has 1 aliphatic rings. The summed E-state index contributed by atoms with van der Waals surface area (Å²) in [6, 6.07) is 11.6. The average Bonchev–Trinajstić information content (AvgIpc) is 2.76. The van der Waals surface area contributed by atoms with Crippen molar-refractivity contribution in [3.05, 3.63) is 53.9 Å². The van der Waals surface area contributed by atoms with Crippen LogP contribution in [0.15, 0.2) is 42.6 Å². The summed E-state index contributed by atoms with van der Waals surface area (Å²) in [5.41, 5.74) is 3.11. The first-order chi connectivity index (χ1) is 14.1. The first-order valence-corrected chi connectivity index (χ1v) is 9.89. The monoisotopic (exact) mass is 396 g/mol. The Morgan fingerprint density at radius 1 is 1.24 bits per heavy atom. The summed E-state index contributed by atoms with van der Waals surface area (Å²) in [5.74, 6) is 0.455. The number of carbonyl (C=O) groups excluding carboxylic acids is 2. The molecule has 154 valence electrons. The summed E-state index contributed by atoms with van der Waals surface area (Å²) in [5, 5.41) is 3.45. The number of nitrogens with one attached hydrogen (secondary N) is 1. The molecule has 0 bridgehead atoms. The maximum Gasteiger partial charge on any atom is 0.410 e. The lowest BCUT2D eigenvalue weighted by Gasteiger charge is -2.32. The Morgan fingerprint density at radius 3 is 2.62 bits per heavy atom. The standard InChI is InChI=1S/C22H28N4O3/c1-25(2)21-19(8-11-23-20(21)15-27)24-14-17-9-12-26(13-10-17)22(28)29-16-18-6-4-3-5-7-18/h3-8,11,15,17H,9-10,12-14,16H2,1-2H3,(H,23,24). The smallest absolute Gasteiger partial charge is 0.410 e. The molecule has 2 heterocycles.